The van der Waals surface area contributed by atoms with Gasteiger partial charge in [-0.2, -0.15) is 0 Å². The Kier molecular flexibility index (Phi) is 6.09. The van der Waals surface area contributed by atoms with Gasteiger partial charge in [0, 0.05) is 13.1 Å². The molecule has 1 N–H and O–H groups in total. The minimum absolute atomic E-state index is 0.104. The SMILES string of the molecule is CCOC(=O)C[C@@H](O)CN1CCCC(C)(CC)C1. The first-order valence-electron chi connectivity index (χ1n) is 7.05. The second-order valence-electron chi connectivity index (χ2n) is 5.67. The first-order chi connectivity index (χ1) is 8.49. The lowest BCUT2D eigenvalue weighted by molar-refractivity contribution is -0.145. The van der Waals surface area contributed by atoms with Gasteiger partial charge in [0.15, 0.2) is 0 Å². The van der Waals surface area contributed by atoms with E-state index in [2.05, 4.69) is 18.7 Å². The number of carbonyl (C=O) groups is 1. The Labute approximate surface area is 110 Å². The molecule has 1 fully saturated rings. The van der Waals surface area contributed by atoms with Crippen LogP contribution in [0.15, 0.2) is 0 Å². The average Bonchev–Trinajstić information content (AvgIpc) is 2.29. The van der Waals surface area contributed by atoms with Gasteiger partial charge in [0.25, 0.3) is 0 Å². The average molecular weight is 257 g/mol. The summed E-state index contributed by atoms with van der Waals surface area (Å²) in [5, 5.41) is 9.90. The van der Waals surface area contributed by atoms with Crippen molar-refractivity contribution < 1.29 is 14.6 Å². The quantitative estimate of drug-likeness (QED) is 0.737. The number of likely N-dealkylation sites (tertiary alicyclic amines) is 1. The van der Waals surface area contributed by atoms with Crippen LogP contribution in [0.25, 0.3) is 0 Å². The third-order valence-corrected chi connectivity index (χ3v) is 3.89. The van der Waals surface area contributed by atoms with E-state index in [0.717, 1.165) is 19.5 Å². The Morgan fingerprint density at radius 1 is 1.50 bits per heavy atom. The number of piperidine rings is 1. The predicted molar refractivity (Wildman–Crippen MR) is 71.3 cm³/mol. The molecule has 1 aliphatic rings. The number of aliphatic hydroxyl groups excluding tert-OH is 1. The van der Waals surface area contributed by atoms with Gasteiger partial charge in [-0.05, 0) is 38.1 Å². The van der Waals surface area contributed by atoms with Crippen molar-refractivity contribution in [3.05, 3.63) is 0 Å². The molecular weight excluding hydrogens is 230 g/mol. The second-order valence-corrected chi connectivity index (χ2v) is 5.67. The number of aliphatic hydroxyl groups is 1. The molecule has 1 saturated heterocycles. The third-order valence-electron chi connectivity index (χ3n) is 3.89. The van der Waals surface area contributed by atoms with Gasteiger partial charge in [-0.3, -0.25) is 4.79 Å². The molecule has 0 amide bonds. The highest BCUT2D eigenvalue weighted by atomic mass is 16.5. The van der Waals surface area contributed by atoms with E-state index in [1.165, 1.54) is 12.8 Å². The van der Waals surface area contributed by atoms with Gasteiger partial charge in [-0.15, -0.1) is 0 Å². The summed E-state index contributed by atoms with van der Waals surface area (Å²) in [7, 11) is 0. The molecule has 0 aromatic rings. The Morgan fingerprint density at radius 3 is 2.83 bits per heavy atom. The molecule has 18 heavy (non-hydrogen) atoms. The third kappa shape index (κ3) is 4.94. The van der Waals surface area contributed by atoms with Crippen molar-refractivity contribution in [1.29, 1.82) is 0 Å². The summed E-state index contributed by atoms with van der Waals surface area (Å²) in [6.45, 7) is 9.30. The molecule has 2 atom stereocenters. The fraction of sp³-hybridized carbons (Fsp3) is 0.929. The van der Waals surface area contributed by atoms with E-state index >= 15 is 0 Å². The summed E-state index contributed by atoms with van der Waals surface area (Å²) in [6, 6.07) is 0. The van der Waals surface area contributed by atoms with Crippen LogP contribution in [-0.4, -0.2) is 48.3 Å². The van der Waals surface area contributed by atoms with Crippen molar-refractivity contribution >= 4 is 5.97 Å². The molecule has 1 aliphatic heterocycles. The van der Waals surface area contributed by atoms with Crippen LogP contribution < -0.4 is 0 Å². The zero-order valence-corrected chi connectivity index (χ0v) is 11.9. The van der Waals surface area contributed by atoms with Crippen LogP contribution in [-0.2, 0) is 9.53 Å². The van der Waals surface area contributed by atoms with Gasteiger partial charge in [-0.25, -0.2) is 0 Å². The summed E-state index contributed by atoms with van der Waals surface area (Å²) >= 11 is 0. The van der Waals surface area contributed by atoms with Crippen molar-refractivity contribution in [2.24, 2.45) is 5.41 Å². The highest BCUT2D eigenvalue weighted by molar-refractivity contribution is 5.69. The summed E-state index contributed by atoms with van der Waals surface area (Å²) in [6.07, 6.45) is 3.10. The highest BCUT2D eigenvalue weighted by Crippen LogP contribution is 2.32. The molecule has 106 valence electrons. The lowest BCUT2D eigenvalue weighted by Crippen LogP contribution is -2.44. The Morgan fingerprint density at radius 2 is 2.22 bits per heavy atom. The minimum atomic E-state index is -0.608. The molecule has 1 rings (SSSR count). The Bertz CT molecular complexity index is 270. The van der Waals surface area contributed by atoms with E-state index < -0.39 is 6.10 Å². The predicted octanol–water partition coefficient (Wildman–Crippen LogP) is 1.81. The summed E-state index contributed by atoms with van der Waals surface area (Å²) < 4.78 is 4.85. The fourth-order valence-electron chi connectivity index (χ4n) is 2.65. The van der Waals surface area contributed by atoms with Gasteiger partial charge in [0.1, 0.15) is 0 Å². The zero-order chi connectivity index (χ0) is 13.6. The van der Waals surface area contributed by atoms with Crippen LogP contribution in [0.1, 0.15) is 46.5 Å². The Balaban J connectivity index is 2.35. The van der Waals surface area contributed by atoms with Crippen molar-refractivity contribution in [3.63, 3.8) is 0 Å². The van der Waals surface area contributed by atoms with Gasteiger partial charge in [0.05, 0.1) is 19.1 Å². The van der Waals surface area contributed by atoms with E-state index in [1.807, 2.05) is 0 Å². The first kappa shape index (κ1) is 15.4. The number of nitrogens with zero attached hydrogens (tertiary/aromatic N) is 1. The number of hydrogen-bond donors (Lipinski definition) is 1. The number of rotatable bonds is 6. The lowest BCUT2D eigenvalue weighted by Gasteiger charge is -2.40. The lowest BCUT2D eigenvalue weighted by atomic mass is 9.79. The number of β-amino-alcohol motifs (C(OH)–C–C–N with tert-alkyl or cyclic N) is 1. The number of esters is 1. The van der Waals surface area contributed by atoms with Crippen LogP contribution in [0.2, 0.25) is 0 Å². The maximum atomic E-state index is 11.3. The van der Waals surface area contributed by atoms with Gasteiger partial charge < -0.3 is 14.7 Å². The van der Waals surface area contributed by atoms with Crippen LogP contribution >= 0.6 is 0 Å². The second kappa shape index (κ2) is 7.10. The fourth-order valence-corrected chi connectivity index (χ4v) is 2.65. The van der Waals surface area contributed by atoms with Crippen LogP contribution in [0.4, 0.5) is 0 Å². The van der Waals surface area contributed by atoms with Crippen molar-refractivity contribution in [1.82, 2.24) is 4.90 Å². The molecule has 4 nitrogen and oxygen atoms in total. The summed E-state index contributed by atoms with van der Waals surface area (Å²) in [5.74, 6) is -0.305. The minimum Gasteiger partial charge on any atom is -0.466 e. The number of carbonyl (C=O) groups excluding carboxylic acids is 1. The number of ether oxygens (including phenoxy) is 1. The smallest absolute Gasteiger partial charge is 0.308 e. The van der Waals surface area contributed by atoms with E-state index in [4.69, 9.17) is 4.74 Å². The monoisotopic (exact) mass is 257 g/mol. The first-order valence-corrected chi connectivity index (χ1v) is 7.05. The van der Waals surface area contributed by atoms with E-state index in [-0.39, 0.29) is 12.4 Å². The largest absolute Gasteiger partial charge is 0.466 e. The van der Waals surface area contributed by atoms with E-state index in [0.29, 0.717) is 18.6 Å². The molecular formula is C14H27NO3. The molecule has 0 spiro atoms. The van der Waals surface area contributed by atoms with E-state index in [9.17, 15) is 9.90 Å². The molecule has 0 aliphatic carbocycles. The summed E-state index contributed by atoms with van der Waals surface area (Å²) in [5.41, 5.74) is 0.363. The maximum absolute atomic E-state index is 11.3. The summed E-state index contributed by atoms with van der Waals surface area (Å²) in [4.78, 5) is 13.6. The molecule has 0 bridgehead atoms. The van der Waals surface area contributed by atoms with Crippen molar-refractivity contribution in [2.75, 3.05) is 26.2 Å². The standard InChI is InChI=1S/C14H27NO3/c1-4-14(3)7-6-8-15(11-14)10-12(16)9-13(17)18-5-2/h12,16H,4-11H2,1-3H3/t12-,14?/m1/s1. The molecule has 0 aromatic heterocycles. The molecule has 4 heteroatoms. The van der Waals surface area contributed by atoms with Gasteiger partial charge in [-0.1, -0.05) is 13.8 Å². The highest BCUT2D eigenvalue weighted by Gasteiger charge is 2.30. The van der Waals surface area contributed by atoms with Crippen LogP contribution in [0.5, 0.6) is 0 Å². The van der Waals surface area contributed by atoms with Crippen LogP contribution in [0, 0.1) is 5.41 Å². The molecule has 0 saturated carbocycles. The topological polar surface area (TPSA) is 49.8 Å². The van der Waals surface area contributed by atoms with Crippen molar-refractivity contribution in [2.45, 2.75) is 52.6 Å². The van der Waals surface area contributed by atoms with E-state index in [1.54, 1.807) is 6.92 Å². The Hall–Kier alpha value is -0.610. The van der Waals surface area contributed by atoms with Crippen molar-refractivity contribution in [3.8, 4) is 0 Å². The molecule has 1 heterocycles. The normalized spacial score (nSPS) is 26.9. The maximum Gasteiger partial charge on any atom is 0.308 e. The van der Waals surface area contributed by atoms with Gasteiger partial charge >= 0.3 is 5.97 Å². The molecule has 0 aromatic carbocycles. The van der Waals surface area contributed by atoms with Gasteiger partial charge in [0.2, 0.25) is 0 Å². The number of hydrogen-bond acceptors (Lipinski definition) is 4. The molecule has 1 unspecified atom stereocenters. The molecule has 0 radical (unpaired) electrons. The zero-order valence-electron chi connectivity index (χ0n) is 11.9. The van der Waals surface area contributed by atoms with Crippen LogP contribution in [0.3, 0.4) is 0 Å².